The molecule has 2 aromatic carbocycles. The Balaban J connectivity index is 1.46. The van der Waals surface area contributed by atoms with Crippen LogP contribution in [0.2, 0.25) is 10.0 Å². The van der Waals surface area contributed by atoms with Crippen LogP contribution in [0.25, 0.3) is 0 Å². The van der Waals surface area contributed by atoms with Crippen molar-refractivity contribution < 1.29 is 4.79 Å². The predicted octanol–water partition coefficient (Wildman–Crippen LogP) is 7.54. The zero-order valence-corrected chi connectivity index (χ0v) is 19.5. The summed E-state index contributed by atoms with van der Waals surface area (Å²) in [6.07, 6.45) is 7.77. The minimum Gasteiger partial charge on any atom is -0.322 e. The van der Waals surface area contributed by atoms with Crippen molar-refractivity contribution in [1.29, 1.82) is 0 Å². The van der Waals surface area contributed by atoms with Crippen molar-refractivity contribution in [3.8, 4) is 0 Å². The van der Waals surface area contributed by atoms with Gasteiger partial charge in [-0.05, 0) is 98.1 Å². The number of aryl methyl sites for hydroxylation is 1. The van der Waals surface area contributed by atoms with Crippen molar-refractivity contribution in [3.63, 3.8) is 0 Å². The van der Waals surface area contributed by atoms with E-state index in [4.69, 9.17) is 23.2 Å². The summed E-state index contributed by atoms with van der Waals surface area (Å²) in [6.45, 7) is 2.04. The molecule has 2 aromatic rings. The minimum absolute atomic E-state index is 0.183. The second-order valence-corrected chi connectivity index (χ2v) is 12.1. The van der Waals surface area contributed by atoms with Crippen molar-refractivity contribution in [2.75, 3.05) is 5.32 Å². The fourth-order valence-electron chi connectivity index (χ4n) is 6.45. The fraction of sp³-hybridized carbons (Fsp3) is 0.458. The Kier molecular flexibility index (Phi) is 4.81. The average Bonchev–Trinajstić information content (AvgIpc) is 2.60. The monoisotopic (exact) mass is 491 g/mol. The first kappa shape index (κ1) is 19.9. The van der Waals surface area contributed by atoms with E-state index >= 15 is 0 Å². The lowest BCUT2D eigenvalue weighted by atomic mass is 9.48. The maximum atomic E-state index is 12.8. The lowest BCUT2D eigenvalue weighted by molar-refractivity contribution is 0.0150. The Morgan fingerprint density at radius 3 is 2.31 bits per heavy atom. The third-order valence-corrected chi connectivity index (χ3v) is 8.58. The number of carbonyl (C=O) groups excluding carboxylic acids is 1. The van der Waals surface area contributed by atoms with E-state index in [1.807, 2.05) is 6.92 Å². The number of halogens is 3. The molecule has 4 aliphatic carbocycles. The molecule has 5 heteroatoms. The summed E-state index contributed by atoms with van der Waals surface area (Å²) in [5.74, 6) is 1.46. The van der Waals surface area contributed by atoms with Gasteiger partial charge in [0.05, 0.1) is 0 Å². The number of nitrogens with one attached hydrogen (secondary N) is 1. The molecule has 6 rings (SSSR count). The molecular formula is C24H24BrCl2NO. The Morgan fingerprint density at radius 2 is 1.69 bits per heavy atom. The van der Waals surface area contributed by atoms with Crippen LogP contribution in [0.15, 0.2) is 36.4 Å². The van der Waals surface area contributed by atoms with Gasteiger partial charge in [-0.25, -0.2) is 0 Å². The highest BCUT2D eigenvalue weighted by molar-refractivity contribution is 9.10. The van der Waals surface area contributed by atoms with Gasteiger partial charge in [-0.3, -0.25) is 4.79 Å². The van der Waals surface area contributed by atoms with Crippen molar-refractivity contribution in [2.45, 2.75) is 55.2 Å². The van der Waals surface area contributed by atoms with Crippen molar-refractivity contribution >= 4 is 50.7 Å². The van der Waals surface area contributed by atoms with Crippen LogP contribution in [0.1, 0.15) is 60.0 Å². The number of anilines is 1. The minimum atomic E-state index is -0.183. The van der Waals surface area contributed by atoms with Crippen molar-refractivity contribution in [2.24, 2.45) is 11.8 Å². The summed E-state index contributed by atoms with van der Waals surface area (Å²) in [5.41, 5.74) is 4.03. The number of amides is 1. The van der Waals surface area contributed by atoms with Gasteiger partial charge in [0.25, 0.3) is 5.91 Å². The summed E-state index contributed by atoms with van der Waals surface area (Å²) in [6, 6.07) is 11.6. The standard InChI is InChI=1S/C24H24BrCl2NO/c1-14-2-3-18(23-9-15-4-16(10-23)12-24(25,11-15)13-23)7-21(14)28-22(29)17-5-19(26)8-20(27)6-17/h2-3,5-8,15-16H,4,9-13H2,1H3,(H,28,29). The molecule has 0 aliphatic heterocycles. The molecule has 29 heavy (non-hydrogen) atoms. The Bertz CT molecular complexity index is 970. The molecule has 4 bridgehead atoms. The van der Waals surface area contributed by atoms with E-state index in [0.29, 0.717) is 19.9 Å². The second-order valence-electron chi connectivity index (χ2n) is 9.53. The van der Waals surface area contributed by atoms with E-state index in [-0.39, 0.29) is 11.3 Å². The van der Waals surface area contributed by atoms with Gasteiger partial charge >= 0.3 is 0 Å². The van der Waals surface area contributed by atoms with Gasteiger partial charge in [0.15, 0.2) is 0 Å². The Morgan fingerprint density at radius 1 is 1.03 bits per heavy atom. The number of carbonyl (C=O) groups is 1. The van der Waals surface area contributed by atoms with E-state index in [1.165, 1.54) is 44.1 Å². The molecule has 0 radical (unpaired) electrons. The van der Waals surface area contributed by atoms with E-state index in [1.54, 1.807) is 18.2 Å². The SMILES string of the molecule is Cc1ccc(C23CC4CC(CC(Br)(C4)C2)C3)cc1NC(=O)c1cc(Cl)cc(Cl)c1. The molecule has 0 saturated heterocycles. The molecule has 2 atom stereocenters. The molecule has 4 aliphatic rings. The van der Waals surface area contributed by atoms with Crippen LogP contribution in [0.3, 0.4) is 0 Å². The van der Waals surface area contributed by atoms with Gasteiger partial charge in [-0.15, -0.1) is 0 Å². The molecule has 0 aromatic heterocycles. The second kappa shape index (κ2) is 7.00. The van der Waals surface area contributed by atoms with Crippen molar-refractivity contribution in [3.05, 3.63) is 63.1 Å². The van der Waals surface area contributed by atoms with E-state index in [9.17, 15) is 4.79 Å². The van der Waals surface area contributed by atoms with Crippen LogP contribution in [0.5, 0.6) is 0 Å². The molecule has 2 nitrogen and oxygen atoms in total. The molecule has 1 N–H and O–H groups in total. The van der Waals surface area contributed by atoms with Crippen LogP contribution in [0.4, 0.5) is 5.69 Å². The van der Waals surface area contributed by atoms with Crippen LogP contribution < -0.4 is 5.32 Å². The third-order valence-electron chi connectivity index (χ3n) is 7.21. The quantitative estimate of drug-likeness (QED) is 0.440. The van der Waals surface area contributed by atoms with E-state index in [2.05, 4.69) is 39.4 Å². The predicted molar refractivity (Wildman–Crippen MR) is 124 cm³/mol. The first-order valence-electron chi connectivity index (χ1n) is 10.3. The molecule has 2 unspecified atom stereocenters. The Labute approximate surface area is 190 Å². The van der Waals surface area contributed by atoms with Gasteiger partial charge in [-0.2, -0.15) is 0 Å². The largest absolute Gasteiger partial charge is 0.322 e. The number of rotatable bonds is 3. The number of hydrogen-bond donors (Lipinski definition) is 1. The van der Waals surface area contributed by atoms with Gasteiger partial charge in [0.2, 0.25) is 0 Å². The first-order chi connectivity index (χ1) is 13.7. The highest BCUT2D eigenvalue weighted by atomic mass is 79.9. The van der Waals surface area contributed by atoms with Crippen molar-refractivity contribution in [1.82, 2.24) is 0 Å². The summed E-state index contributed by atoms with van der Waals surface area (Å²) >= 11 is 16.3. The zero-order chi connectivity index (χ0) is 20.4. The average molecular weight is 493 g/mol. The zero-order valence-electron chi connectivity index (χ0n) is 16.4. The summed E-state index contributed by atoms with van der Waals surface area (Å²) in [4.78, 5) is 12.8. The smallest absolute Gasteiger partial charge is 0.255 e. The lowest BCUT2D eigenvalue weighted by Crippen LogP contribution is -2.54. The topological polar surface area (TPSA) is 29.1 Å². The van der Waals surface area contributed by atoms with Gasteiger partial charge in [-0.1, -0.05) is 51.3 Å². The summed E-state index contributed by atoms with van der Waals surface area (Å²) in [7, 11) is 0. The number of benzene rings is 2. The number of alkyl halides is 1. The molecule has 152 valence electrons. The fourth-order valence-corrected chi connectivity index (χ4v) is 8.43. The molecule has 4 fully saturated rings. The van der Waals surface area contributed by atoms with Crippen LogP contribution >= 0.6 is 39.1 Å². The number of hydrogen-bond acceptors (Lipinski definition) is 1. The third kappa shape index (κ3) is 3.64. The van der Waals surface area contributed by atoms with Crippen LogP contribution in [0, 0.1) is 18.8 Å². The van der Waals surface area contributed by atoms with Gasteiger partial charge < -0.3 is 5.32 Å². The maximum Gasteiger partial charge on any atom is 0.255 e. The Hall–Kier alpha value is -1.03. The molecule has 0 spiro atoms. The maximum absolute atomic E-state index is 12.8. The summed E-state index contributed by atoms with van der Waals surface area (Å²) in [5, 5.41) is 4.02. The highest BCUT2D eigenvalue weighted by Crippen LogP contribution is 2.65. The molecule has 4 saturated carbocycles. The van der Waals surface area contributed by atoms with Gasteiger partial charge in [0, 0.05) is 25.6 Å². The normalized spacial score (nSPS) is 32.4. The lowest BCUT2D eigenvalue weighted by Gasteiger charge is -2.60. The van der Waals surface area contributed by atoms with Gasteiger partial charge in [0.1, 0.15) is 0 Å². The van der Waals surface area contributed by atoms with Crippen LogP contribution in [-0.4, -0.2) is 10.2 Å². The van der Waals surface area contributed by atoms with Crippen LogP contribution in [-0.2, 0) is 5.41 Å². The summed E-state index contributed by atoms with van der Waals surface area (Å²) < 4.78 is 0.308. The first-order valence-corrected chi connectivity index (χ1v) is 11.9. The highest BCUT2D eigenvalue weighted by Gasteiger charge is 2.57. The van der Waals surface area contributed by atoms with E-state index < -0.39 is 0 Å². The molecule has 0 heterocycles. The molecular weight excluding hydrogens is 469 g/mol. The molecule has 1 amide bonds. The van der Waals surface area contributed by atoms with E-state index in [0.717, 1.165) is 23.1 Å².